The molecule has 0 heterocycles. The highest BCUT2D eigenvalue weighted by Gasteiger charge is 2.13. The highest BCUT2D eigenvalue weighted by molar-refractivity contribution is 5.49. The van der Waals surface area contributed by atoms with E-state index in [0.717, 1.165) is 12.7 Å². The molecule has 0 spiro atoms. The summed E-state index contributed by atoms with van der Waals surface area (Å²) in [5, 5.41) is 0. The second kappa shape index (κ2) is 7.18. The second-order valence-corrected chi connectivity index (χ2v) is 4.32. The van der Waals surface area contributed by atoms with Gasteiger partial charge in [-0.25, -0.2) is 0 Å². The highest BCUT2D eigenvalue weighted by atomic mass is 16.5. The van der Waals surface area contributed by atoms with Crippen LogP contribution in [0.15, 0.2) is 30.3 Å². The molecule has 1 rings (SSSR count). The van der Waals surface area contributed by atoms with Crippen molar-refractivity contribution in [3.05, 3.63) is 35.9 Å². The van der Waals surface area contributed by atoms with Crippen LogP contribution in [0.3, 0.4) is 0 Å². The van der Waals surface area contributed by atoms with E-state index < -0.39 is 0 Å². The molecule has 0 aliphatic carbocycles. The molecule has 2 nitrogen and oxygen atoms in total. The fraction of sp³-hybridized carbons (Fsp3) is 0.500. The molecule has 0 radical (unpaired) electrons. The molecule has 0 aliphatic rings. The molecule has 0 N–H and O–H groups in total. The van der Waals surface area contributed by atoms with Crippen LogP contribution in [-0.2, 0) is 16.1 Å². The van der Waals surface area contributed by atoms with E-state index in [1.807, 2.05) is 18.2 Å². The van der Waals surface area contributed by atoms with Crippen molar-refractivity contribution in [3.63, 3.8) is 0 Å². The summed E-state index contributed by atoms with van der Waals surface area (Å²) in [5.41, 5.74) is 1.18. The highest BCUT2D eigenvalue weighted by Crippen LogP contribution is 2.14. The fourth-order valence-electron chi connectivity index (χ4n) is 1.62. The number of ether oxygens (including phenoxy) is 1. The number of hydrogen-bond donors (Lipinski definition) is 0. The lowest BCUT2D eigenvalue weighted by molar-refractivity contribution is -0.108. The molecule has 0 aliphatic heterocycles. The van der Waals surface area contributed by atoms with Gasteiger partial charge in [0.05, 0.1) is 12.7 Å². The first-order valence-corrected chi connectivity index (χ1v) is 5.83. The van der Waals surface area contributed by atoms with Crippen molar-refractivity contribution in [2.24, 2.45) is 5.92 Å². The van der Waals surface area contributed by atoms with Gasteiger partial charge in [0.15, 0.2) is 0 Å². The standard InChI is InChI=1S/C14H20O2/c1-12(2)14(9-6-10-15)16-11-13-7-4-3-5-8-13/h3-5,7-8,10,12,14H,6,9,11H2,1-2H3. The maximum absolute atomic E-state index is 10.4. The Bertz CT molecular complexity index is 293. The van der Waals surface area contributed by atoms with E-state index in [2.05, 4.69) is 26.0 Å². The third-order valence-electron chi connectivity index (χ3n) is 2.62. The molecule has 1 aromatic rings. The van der Waals surface area contributed by atoms with Crippen molar-refractivity contribution < 1.29 is 9.53 Å². The van der Waals surface area contributed by atoms with Crippen molar-refractivity contribution >= 4 is 6.29 Å². The van der Waals surface area contributed by atoms with Gasteiger partial charge in [-0.3, -0.25) is 0 Å². The zero-order chi connectivity index (χ0) is 11.8. The second-order valence-electron chi connectivity index (χ2n) is 4.32. The van der Waals surface area contributed by atoms with E-state index in [1.165, 1.54) is 5.56 Å². The molecule has 1 unspecified atom stereocenters. The fourth-order valence-corrected chi connectivity index (χ4v) is 1.62. The van der Waals surface area contributed by atoms with Crippen LogP contribution < -0.4 is 0 Å². The van der Waals surface area contributed by atoms with Crippen molar-refractivity contribution in [2.45, 2.75) is 39.4 Å². The van der Waals surface area contributed by atoms with Crippen LogP contribution in [0.5, 0.6) is 0 Å². The first-order valence-electron chi connectivity index (χ1n) is 5.83. The SMILES string of the molecule is CC(C)C(CCC=O)OCc1ccccc1. The Morgan fingerprint density at radius 1 is 1.25 bits per heavy atom. The minimum atomic E-state index is 0.172. The quantitative estimate of drug-likeness (QED) is 0.659. The lowest BCUT2D eigenvalue weighted by atomic mass is 10.0. The van der Waals surface area contributed by atoms with Crippen molar-refractivity contribution in [1.29, 1.82) is 0 Å². The molecule has 0 fully saturated rings. The van der Waals surface area contributed by atoms with Gasteiger partial charge >= 0.3 is 0 Å². The molecule has 0 saturated carbocycles. The molecule has 0 bridgehead atoms. The number of carbonyl (C=O) groups is 1. The molecule has 16 heavy (non-hydrogen) atoms. The van der Waals surface area contributed by atoms with Gasteiger partial charge in [-0.05, 0) is 17.9 Å². The Morgan fingerprint density at radius 2 is 1.94 bits per heavy atom. The molecule has 0 amide bonds. The normalized spacial score (nSPS) is 12.7. The van der Waals surface area contributed by atoms with E-state index in [1.54, 1.807) is 0 Å². The monoisotopic (exact) mass is 220 g/mol. The van der Waals surface area contributed by atoms with E-state index in [4.69, 9.17) is 4.74 Å². The van der Waals surface area contributed by atoms with Crippen LogP contribution in [0, 0.1) is 5.92 Å². The van der Waals surface area contributed by atoms with Gasteiger partial charge in [0.25, 0.3) is 0 Å². The smallest absolute Gasteiger partial charge is 0.120 e. The van der Waals surface area contributed by atoms with Gasteiger partial charge in [0, 0.05) is 6.42 Å². The summed E-state index contributed by atoms with van der Waals surface area (Å²) in [6.45, 7) is 4.88. The summed E-state index contributed by atoms with van der Waals surface area (Å²) in [5.74, 6) is 0.448. The summed E-state index contributed by atoms with van der Waals surface area (Å²) < 4.78 is 5.83. The average Bonchev–Trinajstić information content (AvgIpc) is 2.30. The van der Waals surface area contributed by atoms with Crippen molar-refractivity contribution in [2.75, 3.05) is 0 Å². The molecule has 1 aromatic carbocycles. The number of aldehydes is 1. The Labute approximate surface area is 97.6 Å². The van der Waals surface area contributed by atoms with Crippen LogP contribution in [0.4, 0.5) is 0 Å². The number of benzene rings is 1. The summed E-state index contributed by atoms with van der Waals surface area (Å²) in [6, 6.07) is 10.1. The Hall–Kier alpha value is -1.15. The van der Waals surface area contributed by atoms with Crippen LogP contribution in [0.2, 0.25) is 0 Å². The Morgan fingerprint density at radius 3 is 2.50 bits per heavy atom. The molecule has 0 aromatic heterocycles. The zero-order valence-electron chi connectivity index (χ0n) is 10.1. The Kier molecular flexibility index (Phi) is 5.79. The third-order valence-corrected chi connectivity index (χ3v) is 2.62. The number of rotatable bonds is 7. The van der Waals surface area contributed by atoms with Crippen molar-refractivity contribution in [3.8, 4) is 0 Å². The Balaban J connectivity index is 2.40. The average molecular weight is 220 g/mol. The molecular formula is C14H20O2. The van der Waals surface area contributed by atoms with Crippen LogP contribution >= 0.6 is 0 Å². The van der Waals surface area contributed by atoms with E-state index >= 15 is 0 Å². The largest absolute Gasteiger partial charge is 0.373 e. The van der Waals surface area contributed by atoms with E-state index in [-0.39, 0.29) is 6.10 Å². The van der Waals surface area contributed by atoms with Crippen LogP contribution in [0.1, 0.15) is 32.3 Å². The van der Waals surface area contributed by atoms with Crippen LogP contribution in [-0.4, -0.2) is 12.4 Å². The predicted molar refractivity (Wildman–Crippen MR) is 65.2 cm³/mol. The lowest BCUT2D eigenvalue weighted by Gasteiger charge is -2.20. The third kappa shape index (κ3) is 4.58. The van der Waals surface area contributed by atoms with Crippen molar-refractivity contribution in [1.82, 2.24) is 0 Å². The van der Waals surface area contributed by atoms with Gasteiger partial charge in [0.1, 0.15) is 6.29 Å². The van der Waals surface area contributed by atoms with E-state index in [9.17, 15) is 4.79 Å². The topological polar surface area (TPSA) is 26.3 Å². The van der Waals surface area contributed by atoms with Gasteiger partial charge in [-0.2, -0.15) is 0 Å². The number of carbonyl (C=O) groups excluding carboxylic acids is 1. The van der Waals surface area contributed by atoms with Gasteiger partial charge in [0.2, 0.25) is 0 Å². The van der Waals surface area contributed by atoms with Gasteiger partial charge in [-0.15, -0.1) is 0 Å². The maximum atomic E-state index is 10.4. The maximum Gasteiger partial charge on any atom is 0.120 e. The summed E-state index contributed by atoms with van der Waals surface area (Å²) in [6.07, 6.45) is 2.53. The summed E-state index contributed by atoms with van der Waals surface area (Å²) in [4.78, 5) is 10.4. The molecular weight excluding hydrogens is 200 g/mol. The minimum Gasteiger partial charge on any atom is -0.373 e. The zero-order valence-corrected chi connectivity index (χ0v) is 10.1. The lowest BCUT2D eigenvalue weighted by Crippen LogP contribution is -2.19. The molecule has 2 heteroatoms. The van der Waals surface area contributed by atoms with E-state index in [0.29, 0.717) is 18.9 Å². The van der Waals surface area contributed by atoms with Gasteiger partial charge in [-0.1, -0.05) is 44.2 Å². The first-order chi connectivity index (χ1) is 7.74. The summed E-state index contributed by atoms with van der Waals surface area (Å²) >= 11 is 0. The molecule has 1 atom stereocenters. The van der Waals surface area contributed by atoms with Crippen LogP contribution in [0.25, 0.3) is 0 Å². The minimum absolute atomic E-state index is 0.172. The molecule has 88 valence electrons. The molecule has 0 saturated heterocycles. The summed E-state index contributed by atoms with van der Waals surface area (Å²) in [7, 11) is 0. The van der Waals surface area contributed by atoms with Gasteiger partial charge < -0.3 is 9.53 Å². The predicted octanol–water partition coefficient (Wildman–Crippen LogP) is 3.21. The number of hydrogen-bond acceptors (Lipinski definition) is 2. The first kappa shape index (κ1) is 12.9.